The Labute approximate surface area is 140 Å². The Balaban J connectivity index is 1.90. The monoisotopic (exact) mass is 318 g/mol. The zero-order chi connectivity index (χ0) is 16.9. The molecule has 0 saturated heterocycles. The van der Waals surface area contributed by atoms with E-state index in [0.29, 0.717) is 18.5 Å². The van der Waals surface area contributed by atoms with E-state index >= 15 is 0 Å². The minimum atomic E-state index is -0.0841. The number of carbonyl (C=O) groups is 1. The molecular formula is C20H18N2O2. The van der Waals surface area contributed by atoms with Gasteiger partial charge in [-0.05, 0) is 30.2 Å². The Morgan fingerprint density at radius 2 is 1.75 bits per heavy atom. The van der Waals surface area contributed by atoms with E-state index in [2.05, 4.69) is 5.10 Å². The summed E-state index contributed by atoms with van der Waals surface area (Å²) >= 11 is 0. The molecule has 1 aromatic heterocycles. The van der Waals surface area contributed by atoms with Crippen molar-refractivity contribution in [3.05, 3.63) is 93.9 Å². The van der Waals surface area contributed by atoms with Crippen molar-refractivity contribution < 1.29 is 4.79 Å². The first kappa shape index (κ1) is 15.9. The van der Waals surface area contributed by atoms with Crippen molar-refractivity contribution in [1.82, 2.24) is 9.78 Å². The van der Waals surface area contributed by atoms with E-state index < -0.39 is 0 Å². The van der Waals surface area contributed by atoms with Crippen molar-refractivity contribution in [2.24, 2.45) is 0 Å². The molecule has 4 heteroatoms. The van der Waals surface area contributed by atoms with Crippen molar-refractivity contribution >= 4 is 5.78 Å². The van der Waals surface area contributed by atoms with Gasteiger partial charge in [-0.25, -0.2) is 4.68 Å². The molecule has 0 bridgehead atoms. The van der Waals surface area contributed by atoms with Gasteiger partial charge in [0.05, 0.1) is 5.69 Å². The summed E-state index contributed by atoms with van der Waals surface area (Å²) in [5.74, 6) is 0.122. The second kappa shape index (κ2) is 7.04. The van der Waals surface area contributed by atoms with Gasteiger partial charge in [0.1, 0.15) is 11.5 Å². The summed E-state index contributed by atoms with van der Waals surface area (Å²) in [6.45, 7) is 1.57. The van der Waals surface area contributed by atoms with Crippen molar-refractivity contribution in [2.75, 3.05) is 0 Å². The minimum absolute atomic E-state index is 0.0841. The van der Waals surface area contributed by atoms with E-state index in [4.69, 9.17) is 0 Å². The summed E-state index contributed by atoms with van der Waals surface area (Å²) < 4.78 is 1.70. The van der Waals surface area contributed by atoms with Gasteiger partial charge in [-0.2, -0.15) is 5.10 Å². The van der Waals surface area contributed by atoms with Crippen LogP contribution in [0, 0.1) is 0 Å². The van der Waals surface area contributed by atoms with Crippen molar-refractivity contribution in [3.63, 3.8) is 0 Å². The van der Waals surface area contributed by atoms with Gasteiger partial charge in [-0.15, -0.1) is 0 Å². The third kappa shape index (κ3) is 3.84. The molecule has 3 aromatic rings. The van der Waals surface area contributed by atoms with Gasteiger partial charge in [0.2, 0.25) is 5.43 Å². The first-order valence-electron chi connectivity index (χ1n) is 7.83. The molecule has 0 spiro atoms. The maximum atomic E-state index is 12.1. The number of nitrogens with zero attached hydrogens (tertiary/aromatic N) is 2. The molecule has 3 rings (SSSR count). The summed E-state index contributed by atoms with van der Waals surface area (Å²) in [4.78, 5) is 23.4. The molecule has 0 amide bonds. The lowest BCUT2D eigenvalue weighted by molar-refractivity contribution is -0.116. The van der Waals surface area contributed by atoms with E-state index in [1.165, 1.54) is 6.07 Å². The number of hydrogen-bond donors (Lipinski definition) is 0. The lowest BCUT2D eigenvalue weighted by Gasteiger charge is -2.08. The average Bonchev–Trinajstić information content (AvgIpc) is 2.57. The summed E-state index contributed by atoms with van der Waals surface area (Å²) in [6.07, 6.45) is 2.52. The maximum absolute atomic E-state index is 12.1. The highest BCUT2D eigenvalue weighted by molar-refractivity contribution is 5.78. The van der Waals surface area contributed by atoms with Gasteiger partial charge in [0, 0.05) is 25.1 Å². The minimum Gasteiger partial charge on any atom is -0.300 e. The quantitative estimate of drug-likeness (QED) is 0.727. The fraction of sp³-hybridized carbons (Fsp3) is 0.150. The Bertz CT molecular complexity index is 914. The Hall–Kier alpha value is -3.01. The van der Waals surface area contributed by atoms with Gasteiger partial charge < -0.3 is 0 Å². The zero-order valence-corrected chi connectivity index (χ0v) is 13.5. The predicted molar refractivity (Wildman–Crippen MR) is 93.5 cm³/mol. The molecule has 0 N–H and O–H groups in total. The number of para-hydroxylation sites is 1. The summed E-state index contributed by atoms with van der Waals surface area (Å²) in [5.41, 5.74) is 3.24. The third-order valence-electron chi connectivity index (χ3n) is 3.72. The molecule has 0 saturated carbocycles. The normalized spacial score (nSPS) is 10.5. The molecule has 2 aromatic carbocycles. The van der Waals surface area contributed by atoms with Gasteiger partial charge in [-0.1, -0.05) is 42.5 Å². The number of ketones is 1. The second-order valence-electron chi connectivity index (χ2n) is 5.78. The Morgan fingerprint density at radius 3 is 2.50 bits per heavy atom. The van der Waals surface area contributed by atoms with Crippen LogP contribution in [0.4, 0.5) is 0 Å². The van der Waals surface area contributed by atoms with Gasteiger partial charge >= 0.3 is 0 Å². The van der Waals surface area contributed by atoms with Crippen LogP contribution < -0.4 is 5.43 Å². The van der Waals surface area contributed by atoms with Crippen LogP contribution in [0.5, 0.6) is 0 Å². The Morgan fingerprint density at radius 1 is 1.00 bits per heavy atom. The molecule has 0 aliphatic heterocycles. The SMILES string of the molecule is CC(=O)Cc1cccc(Cc2nn(-c3ccccc3)ccc2=O)c1. The molecule has 0 atom stereocenters. The number of benzene rings is 2. The average molecular weight is 318 g/mol. The molecular weight excluding hydrogens is 300 g/mol. The highest BCUT2D eigenvalue weighted by Crippen LogP contribution is 2.10. The predicted octanol–water partition coefficient (Wildman–Crippen LogP) is 2.95. The molecule has 24 heavy (non-hydrogen) atoms. The summed E-state index contributed by atoms with van der Waals surface area (Å²) in [7, 11) is 0. The second-order valence-corrected chi connectivity index (χ2v) is 5.78. The lowest BCUT2D eigenvalue weighted by Crippen LogP contribution is -2.16. The largest absolute Gasteiger partial charge is 0.300 e. The number of hydrogen-bond acceptors (Lipinski definition) is 3. The molecule has 120 valence electrons. The number of Topliss-reactive ketones (excluding diaryl/α,β-unsaturated/α-hetero) is 1. The first-order valence-corrected chi connectivity index (χ1v) is 7.83. The standard InChI is InChI=1S/C20H18N2O2/c1-15(23)12-16-6-5-7-17(13-16)14-19-20(24)10-11-22(21-19)18-8-3-2-4-9-18/h2-11,13H,12,14H2,1H3. The molecule has 0 radical (unpaired) electrons. The summed E-state index contributed by atoms with van der Waals surface area (Å²) in [6, 6.07) is 19.0. The number of aromatic nitrogens is 2. The van der Waals surface area contributed by atoms with E-state index in [-0.39, 0.29) is 11.2 Å². The maximum Gasteiger partial charge on any atom is 0.203 e. The number of carbonyl (C=O) groups excluding carboxylic acids is 1. The van der Waals surface area contributed by atoms with Gasteiger partial charge in [0.15, 0.2) is 0 Å². The third-order valence-corrected chi connectivity index (χ3v) is 3.72. The van der Waals surface area contributed by atoms with Crippen molar-refractivity contribution in [1.29, 1.82) is 0 Å². The van der Waals surface area contributed by atoms with Crippen LogP contribution >= 0.6 is 0 Å². The van der Waals surface area contributed by atoms with Crippen LogP contribution in [0.2, 0.25) is 0 Å². The molecule has 1 heterocycles. The molecule has 0 fully saturated rings. The van der Waals surface area contributed by atoms with Crippen LogP contribution in [0.1, 0.15) is 23.7 Å². The van der Waals surface area contributed by atoms with Crippen LogP contribution in [0.3, 0.4) is 0 Å². The van der Waals surface area contributed by atoms with Crippen molar-refractivity contribution in [2.45, 2.75) is 19.8 Å². The van der Waals surface area contributed by atoms with E-state index in [1.807, 2.05) is 54.6 Å². The fourth-order valence-corrected chi connectivity index (χ4v) is 2.62. The lowest BCUT2D eigenvalue weighted by atomic mass is 10.0. The zero-order valence-electron chi connectivity index (χ0n) is 13.5. The first-order chi connectivity index (χ1) is 11.6. The van der Waals surface area contributed by atoms with E-state index in [9.17, 15) is 9.59 Å². The van der Waals surface area contributed by atoms with Crippen LogP contribution in [-0.4, -0.2) is 15.6 Å². The molecule has 0 aliphatic carbocycles. The number of rotatable bonds is 5. The van der Waals surface area contributed by atoms with Crippen LogP contribution in [0.25, 0.3) is 5.69 Å². The van der Waals surface area contributed by atoms with Crippen LogP contribution in [-0.2, 0) is 17.6 Å². The Kier molecular flexibility index (Phi) is 4.66. The fourth-order valence-electron chi connectivity index (χ4n) is 2.62. The van der Waals surface area contributed by atoms with Gasteiger partial charge in [-0.3, -0.25) is 9.59 Å². The van der Waals surface area contributed by atoms with Gasteiger partial charge in [0.25, 0.3) is 0 Å². The van der Waals surface area contributed by atoms with Crippen LogP contribution in [0.15, 0.2) is 71.7 Å². The molecule has 4 nitrogen and oxygen atoms in total. The highest BCUT2D eigenvalue weighted by atomic mass is 16.1. The smallest absolute Gasteiger partial charge is 0.203 e. The topological polar surface area (TPSA) is 52.0 Å². The highest BCUT2D eigenvalue weighted by Gasteiger charge is 2.07. The van der Waals surface area contributed by atoms with E-state index in [1.54, 1.807) is 17.8 Å². The summed E-state index contributed by atoms with van der Waals surface area (Å²) in [5, 5.41) is 4.47. The van der Waals surface area contributed by atoms with Crippen molar-refractivity contribution in [3.8, 4) is 5.69 Å². The molecule has 0 aliphatic rings. The molecule has 0 unspecified atom stereocenters. The van der Waals surface area contributed by atoms with E-state index in [0.717, 1.165) is 16.8 Å².